The van der Waals surface area contributed by atoms with Crippen molar-refractivity contribution in [2.75, 3.05) is 18.5 Å². The fraction of sp³-hybridized carbons (Fsp3) is 0.316. The summed E-state index contributed by atoms with van der Waals surface area (Å²) in [6.07, 6.45) is 0. The Hall–Kier alpha value is -2.34. The summed E-state index contributed by atoms with van der Waals surface area (Å²) in [5, 5.41) is 6.71. The number of thiocarbonyl (C=S) groups is 1. The van der Waals surface area contributed by atoms with Gasteiger partial charge in [0.05, 0.1) is 19.3 Å². The minimum atomic E-state index is -0.282. The first-order valence-corrected chi connectivity index (χ1v) is 8.67. The Kier molecular flexibility index (Phi) is 7.01. The van der Waals surface area contributed by atoms with Gasteiger partial charge in [0.1, 0.15) is 5.82 Å². The van der Waals surface area contributed by atoms with Crippen LogP contribution in [-0.4, -0.2) is 18.3 Å². The Morgan fingerprint density at radius 2 is 1.68 bits per heavy atom. The van der Waals surface area contributed by atoms with E-state index in [-0.39, 0.29) is 11.9 Å². The molecule has 0 aliphatic carbocycles. The molecule has 0 aromatic heterocycles. The molecular formula is C19H23FN2O2S. The molecule has 0 aliphatic rings. The molecule has 134 valence electrons. The second-order valence-electron chi connectivity index (χ2n) is 5.40. The zero-order valence-corrected chi connectivity index (χ0v) is 15.5. The van der Waals surface area contributed by atoms with Crippen LogP contribution in [0.1, 0.15) is 32.4 Å². The summed E-state index contributed by atoms with van der Waals surface area (Å²) in [6, 6.07) is 11.8. The smallest absolute Gasteiger partial charge is 0.171 e. The van der Waals surface area contributed by atoms with Gasteiger partial charge in [0.25, 0.3) is 0 Å². The molecule has 2 rings (SSSR count). The molecule has 0 fully saturated rings. The van der Waals surface area contributed by atoms with E-state index in [1.165, 1.54) is 12.1 Å². The van der Waals surface area contributed by atoms with Crippen LogP contribution in [0.3, 0.4) is 0 Å². The third-order valence-corrected chi connectivity index (χ3v) is 3.74. The SMILES string of the molecule is CCOc1ccc([C@@H](C)NC(=S)Nc2ccc(F)cc2)cc1OCC. The largest absolute Gasteiger partial charge is 0.490 e. The van der Waals surface area contributed by atoms with Crippen LogP contribution in [-0.2, 0) is 0 Å². The van der Waals surface area contributed by atoms with Crippen molar-refractivity contribution >= 4 is 23.0 Å². The van der Waals surface area contributed by atoms with E-state index in [2.05, 4.69) is 10.6 Å². The highest BCUT2D eigenvalue weighted by Gasteiger charge is 2.12. The van der Waals surface area contributed by atoms with Crippen molar-refractivity contribution in [1.29, 1.82) is 0 Å². The Labute approximate surface area is 153 Å². The van der Waals surface area contributed by atoms with E-state index in [0.29, 0.717) is 24.1 Å². The van der Waals surface area contributed by atoms with Crippen LogP contribution >= 0.6 is 12.2 Å². The molecule has 25 heavy (non-hydrogen) atoms. The van der Waals surface area contributed by atoms with Gasteiger partial charge >= 0.3 is 0 Å². The first-order chi connectivity index (χ1) is 12.0. The van der Waals surface area contributed by atoms with Crippen LogP contribution in [0, 0.1) is 5.82 Å². The van der Waals surface area contributed by atoms with E-state index in [4.69, 9.17) is 21.7 Å². The maximum Gasteiger partial charge on any atom is 0.171 e. The minimum absolute atomic E-state index is 0.0321. The summed E-state index contributed by atoms with van der Waals surface area (Å²) in [5.74, 6) is 1.16. The molecular weight excluding hydrogens is 339 g/mol. The first-order valence-electron chi connectivity index (χ1n) is 8.26. The van der Waals surface area contributed by atoms with Gasteiger partial charge in [0.2, 0.25) is 0 Å². The number of hydrogen-bond acceptors (Lipinski definition) is 3. The normalized spacial score (nSPS) is 11.5. The quantitative estimate of drug-likeness (QED) is 0.701. The van der Waals surface area contributed by atoms with Crippen molar-refractivity contribution in [3.63, 3.8) is 0 Å². The van der Waals surface area contributed by atoms with E-state index < -0.39 is 0 Å². The topological polar surface area (TPSA) is 42.5 Å². The van der Waals surface area contributed by atoms with Crippen molar-refractivity contribution in [2.24, 2.45) is 0 Å². The number of nitrogens with one attached hydrogen (secondary N) is 2. The zero-order chi connectivity index (χ0) is 18.2. The number of anilines is 1. The highest BCUT2D eigenvalue weighted by atomic mass is 32.1. The van der Waals surface area contributed by atoms with Crippen LogP contribution < -0.4 is 20.1 Å². The van der Waals surface area contributed by atoms with Gasteiger partial charge in [-0.25, -0.2) is 4.39 Å². The van der Waals surface area contributed by atoms with Crippen LogP contribution in [0.2, 0.25) is 0 Å². The predicted octanol–water partition coefficient (Wildman–Crippen LogP) is 4.67. The molecule has 0 radical (unpaired) electrons. The lowest BCUT2D eigenvalue weighted by atomic mass is 10.1. The standard InChI is InChI=1S/C19H23FN2O2S/c1-4-23-17-11-6-14(12-18(17)24-5-2)13(3)21-19(25)22-16-9-7-15(20)8-10-16/h6-13H,4-5H2,1-3H3,(H2,21,22,25)/t13-/m1/s1. The highest BCUT2D eigenvalue weighted by Crippen LogP contribution is 2.30. The number of halogens is 1. The molecule has 0 aliphatic heterocycles. The summed E-state index contributed by atoms with van der Waals surface area (Å²) in [6.45, 7) is 7.03. The Morgan fingerprint density at radius 3 is 2.32 bits per heavy atom. The summed E-state index contributed by atoms with van der Waals surface area (Å²) in [4.78, 5) is 0. The van der Waals surface area contributed by atoms with Crippen LogP contribution in [0.4, 0.5) is 10.1 Å². The summed E-state index contributed by atoms with van der Waals surface area (Å²) in [5.41, 5.74) is 1.75. The molecule has 1 atom stereocenters. The molecule has 0 saturated heterocycles. The lowest BCUT2D eigenvalue weighted by Crippen LogP contribution is -2.30. The third kappa shape index (κ3) is 5.60. The molecule has 0 heterocycles. The molecule has 2 N–H and O–H groups in total. The minimum Gasteiger partial charge on any atom is -0.490 e. The molecule has 4 nitrogen and oxygen atoms in total. The van der Waals surface area contributed by atoms with Crippen molar-refractivity contribution in [3.05, 3.63) is 53.8 Å². The summed E-state index contributed by atoms with van der Waals surface area (Å²) in [7, 11) is 0. The van der Waals surface area contributed by atoms with E-state index in [1.807, 2.05) is 39.0 Å². The summed E-state index contributed by atoms with van der Waals surface area (Å²) < 4.78 is 24.2. The molecule has 2 aromatic carbocycles. The average Bonchev–Trinajstić information content (AvgIpc) is 2.59. The fourth-order valence-electron chi connectivity index (χ4n) is 2.32. The van der Waals surface area contributed by atoms with Gasteiger partial charge in [0.15, 0.2) is 16.6 Å². The van der Waals surface area contributed by atoms with Crippen LogP contribution in [0.15, 0.2) is 42.5 Å². The predicted molar refractivity (Wildman–Crippen MR) is 103 cm³/mol. The van der Waals surface area contributed by atoms with Gasteiger partial charge in [0, 0.05) is 5.69 Å². The number of ether oxygens (including phenoxy) is 2. The van der Waals surface area contributed by atoms with Crippen LogP contribution in [0.25, 0.3) is 0 Å². The molecule has 0 amide bonds. The number of hydrogen-bond donors (Lipinski definition) is 2. The monoisotopic (exact) mass is 362 g/mol. The molecule has 0 spiro atoms. The van der Waals surface area contributed by atoms with Gasteiger partial charge in [-0.15, -0.1) is 0 Å². The maximum absolute atomic E-state index is 12.9. The molecule has 6 heteroatoms. The van der Waals surface area contributed by atoms with E-state index in [9.17, 15) is 4.39 Å². The molecule has 0 unspecified atom stereocenters. The van der Waals surface area contributed by atoms with Crippen molar-refractivity contribution in [1.82, 2.24) is 5.32 Å². The third-order valence-electron chi connectivity index (χ3n) is 3.52. The highest BCUT2D eigenvalue weighted by molar-refractivity contribution is 7.80. The number of rotatable bonds is 7. The second-order valence-corrected chi connectivity index (χ2v) is 5.81. The molecule has 2 aromatic rings. The van der Waals surface area contributed by atoms with Crippen molar-refractivity contribution in [3.8, 4) is 11.5 Å². The average molecular weight is 362 g/mol. The Balaban J connectivity index is 2.03. The van der Waals surface area contributed by atoms with Crippen LogP contribution in [0.5, 0.6) is 11.5 Å². The van der Waals surface area contributed by atoms with Crippen molar-refractivity contribution < 1.29 is 13.9 Å². The van der Waals surface area contributed by atoms with Gasteiger partial charge in [-0.05, 0) is 75.0 Å². The fourth-order valence-corrected chi connectivity index (χ4v) is 2.61. The van der Waals surface area contributed by atoms with Gasteiger partial charge in [-0.3, -0.25) is 0 Å². The molecule has 0 saturated carbocycles. The zero-order valence-electron chi connectivity index (χ0n) is 14.6. The Bertz CT molecular complexity index is 707. The number of benzene rings is 2. The van der Waals surface area contributed by atoms with Gasteiger partial charge in [-0.2, -0.15) is 0 Å². The maximum atomic E-state index is 12.9. The van der Waals surface area contributed by atoms with Gasteiger partial charge in [-0.1, -0.05) is 6.07 Å². The lowest BCUT2D eigenvalue weighted by Gasteiger charge is -2.19. The summed E-state index contributed by atoms with van der Waals surface area (Å²) >= 11 is 5.32. The van der Waals surface area contributed by atoms with E-state index in [1.54, 1.807) is 12.1 Å². The van der Waals surface area contributed by atoms with Gasteiger partial charge < -0.3 is 20.1 Å². The van der Waals surface area contributed by atoms with Crippen molar-refractivity contribution in [2.45, 2.75) is 26.8 Å². The molecule has 0 bridgehead atoms. The van der Waals surface area contributed by atoms with E-state index in [0.717, 1.165) is 17.0 Å². The lowest BCUT2D eigenvalue weighted by molar-refractivity contribution is 0.287. The first kappa shape index (κ1) is 19.0. The second kappa shape index (κ2) is 9.22. The Morgan fingerprint density at radius 1 is 1.04 bits per heavy atom. The van der Waals surface area contributed by atoms with E-state index >= 15 is 0 Å².